The lowest BCUT2D eigenvalue weighted by Gasteiger charge is -2.32. The summed E-state index contributed by atoms with van der Waals surface area (Å²) in [6.45, 7) is 3.65. The number of nitrogens with zero attached hydrogens (tertiary/aromatic N) is 2. The van der Waals surface area contributed by atoms with Crippen LogP contribution in [0.4, 0.5) is 0 Å². The number of nitrogens with one attached hydrogen (secondary N) is 1. The fourth-order valence-electron chi connectivity index (χ4n) is 4.22. The largest absolute Gasteiger partial charge is 0.491 e. The summed E-state index contributed by atoms with van der Waals surface area (Å²) in [6.07, 6.45) is 3.26. The highest BCUT2D eigenvalue weighted by atomic mass is 16.5. The number of carbonyl (C=O) groups excluding carboxylic acids is 1. The minimum absolute atomic E-state index is 0.00299. The predicted molar refractivity (Wildman–Crippen MR) is 114 cm³/mol. The monoisotopic (exact) mass is 403 g/mol. The molecule has 0 radical (unpaired) electrons. The highest BCUT2D eigenvalue weighted by molar-refractivity contribution is 6.01. The zero-order valence-electron chi connectivity index (χ0n) is 16.8. The first-order valence-corrected chi connectivity index (χ1v) is 10.5. The zero-order chi connectivity index (χ0) is 20.3. The lowest BCUT2D eigenvalue weighted by atomic mass is 10.1. The van der Waals surface area contributed by atoms with E-state index >= 15 is 0 Å². The van der Waals surface area contributed by atoms with Crippen molar-refractivity contribution < 1.29 is 14.3 Å². The van der Waals surface area contributed by atoms with Gasteiger partial charge < -0.3 is 14.5 Å². The van der Waals surface area contributed by atoms with Crippen molar-refractivity contribution in [3.05, 3.63) is 71.5 Å². The highest BCUT2D eigenvalue weighted by Crippen LogP contribution is 2.30. The van der Waals surface area contributed by atoms with E-state index < -0.39 is 0 Å². The van der Waals surface area contributed by atoms with E-state index in [1.165, 1.54) is 0 Å². The van der Waals surface area contributed by atoms with Crippen LogP contribution >= 0.6 is 0 Å². The Morgan fingerprint density at radius 1 is 1.13 bits per heavy atom. The smallest absolute Gasteiger partial charge is 0.163 e. The first kappa shape index (κ1) is 19.0. The number of hydrogen-bond acceptors (Lipinski definition) is 5. The molecule has 1 atom stereocenters. The number of aromatic amines is 1. The van der Waals surface area contributed by atoms with Gasteiger partial charge in [-0.15, -0.1) is 0 Å². The molecule has 0 saturated carbocycles. The zero-order valence-corrected chi connectivity index (χ0v) is 16.8. The van der Waals surface area contributed by atoms with Gasteiger partial charge in [0.15, 0.2) is 5.78 Å². The maximum atomic E-state index is 11.9. The molecule has 1 unspecified atom stereocenters. The molecule has 1 fully saturated rings. The number of Topliss-reactive ketones (excluding diaryl/α,β-unsaturated/α-hetero) is 1. The third-order valence-corrected chi connectivity index (χ3v) is 5.75. The molecule has 154 valence electrons. The number of benzene rings is 2. The lowest BCUT2D eigenvalue weighted by Crippen LogP contribution is -2.44. The first-order valence-electron chi connectivity index (χ1n) is 10.5. The van der Waals surface area contributed by atoms with Crippen LogP contribution in [0.2, 0.25) is 0 Å². The molecule has 6 nitrogen and oxygen atoms in total. The molecule has 1 N–H and O–H groups in total. The SMILES string of the molecule is O=C1CCc2c(OCC3CN(Cc4cnc(-c5ccccc5)[nH]4)CCO3)cccc21. The Balaban J connectivity index is 1.18. The van der Waals surface area contributed by atoms with Gasteiger partial charge in [-0.05, 0) is 12.5 Å². The van der Waals surface area contributed by atoms with E-state index in [4.69, 9.17) is 9.47 Å². The van der Waals surface area contributed by atoms with Crippen LogP contribution in [0, 0.1) is 0 Å². The number of ketones is 1. The van der Waals surface area contributed by atoms with Crippen LogP contribution in [-0.4, -0.2) is 53.1 Å². The van der Waals surface area contributed by atoms with Crippen LogP contribution in [0.15, 0.2) is 54.7 Å². The van der Waals surface area contributed by atoms with Crippen molar-refractivity contribution in [1.29, 1.82) is 0 Å². The van der Waals surface area contributed by atoms with Crippen LogP contribution in [0.3, 0.4) is 0 Å². The molecule has 2 aliphatic rings. The summed E-state index contributed by atoms with van der Waals surface area (Å²) in [6, 6.07) is 15.9. The van der Waals surface area contributed by atoms with Gasteiger partial charge in [0.1, 0.15) is 24.3 Å². The van der Waals surface area contributed by atoms with E-state index in [1.54, 1.807) is 0 Å². The Morgan fingerprint density at radius 2 is 2.03 bits per heavy atom. The molecular formula is C24H25N3O3. The fourth-order valence-corrected chi connectivity index (χ4v) is 4.22. The molecule has 1 aliphatic heterocycles. The minimum atomic E-state index is 0.00299. The van der Waals surface area contributed by atoms with Crippen molar-refractivity contribution in [3.8, 4) is 17.1 Å². The molecule has 6 heteroatoms. The van der Waals surface area contributed by atoms with Gasteiger partial charge in [0.05, 0.1) is 6.61 Å². The number of fused-ring (bicyclic) bond motifs is 1. The van der Waals surface area contributed by atoms with E-state index in [0.29, 0.717) is 19.6 Å². The Bertz CT molecular complexity index is 1030. The Labute approximate surface area is 175 Å². The number of rotatable bonds is 6. The molecule has 30 heavy (non-hydrogen) atoms. The molecule has 0 amide bonds. The number of ether oxygens (including phenoxy) is 2. The first-order chi connectivity index (χ1) is 14.8. The van der Waals surface area contributed by atoms with Crippen LogP contribution in [-0.2, 0) is 17.7 Å². The molecule has 0 spiro atoms. The van der Waals surface area contributed by atoms with Crippen LogP contribution in [0.1, 0.15) is 28.0 Å². The van der Waals surface area contributed by atoms with Crippen LogP contribution in [0.25, 0.3) is 11.4 Å². The van der Waals surface area contributed by atoms with Gasteiger partial charge in [0.2, 0.25) is 0 Å². The minimum Gasteiger partial charge on any atom is -0.491 e. The van der Waals surface area contributed by atoms with Crippen molar-refractivity contribution in [1.82, 2.24) is 14.9 Å². The molecule has 2 heterocycles. The number of morpholine rings is 1. The normalized spacial score (nSPS) is 19.1. The van der Waals surface area contributed by atoms with Gasteiger partial charge in [-0.1, -0.05) is 42.5 Å². The molecule has 5 rings (SSSR count). The molecule has 2 aromatic carbocycles. The van der Waals surface area contributed by atoms with Gasteiger partial charge in [0, 0.05) is 54.6 Å². The molecule has 0 bridgehead atoms. The Kier molecular flexibility index (Phi) is 5.34. The van der Waals surface area contributed by atoms with E-state index in [-0.39, 0.29) is 11.9 Å². The maximum Gasteiger partial charge on any atom is 0.163 e. The van der Waals surface area contributed by atoms with Gasteiger partial charge in [0.25, 0.3) is 0 Å². The second-order valence-electron chi connectivity index (χ2n) is 7.87. The van der Waals surface area contributed by atoms with Crippen molar-refractivity contribution in [2.75, 3.05) is 26.3 Å². The summed E-state index contributed by atoms with van der Waals surface area (Å²) in [4.78, 5) is 22.2. The quantitative estimate of drug-likeness (QED) is 0.683. The van der Waals surface area contributed by atoms with E-state index in [0.717, 1.165) is 60.0 Å². The van der Waals surface area contributed by atoms with Gasteiger partial charge >= 0.3 is 0 Å². The summed E-state index contributed by atoms with van der Waals surface area (Å²) in [5, 5.41) is 0. The summed E-state index contributed by atoms with van der Waals surface area (Å²) in [5.41, 5.74) is 4.04. The number of aromatic nitrogens is 2. The Morgan fingerprint density at radius 3 is 2.93 bits per heavy atom. The fraction of sp³-hybridized carbons (Fsp3) is 0.333. The summed E-state index contributed by atoms with van der Waals surface area (Å²) in [5.74, 6) is 1.93. The molecule has 3 aromatic rings. The van der Waals surface area contributed by atoms with Gasteiger partial charge in [-0.25, -0.2) is 4.98 Å². The van der Waals surface area contributed by atoms with Crippen molar-refractivity contribution in [2.45, 2.75) is 25.5 Å². The topological polar surface area (TPSA) is 67.5 Å². The highest BCUT2D eigenvalue weighted by Gasteiger charge is 2.25. The second-order valence-corrected chi connectivity index (χ2v) is 7.87. The molecule has 1 saturated heterocycles. The van der Waals surface area contributed by atoms with Crippen LogP contribution < -0.4 is 4.74 Å². The number of imidazole rings is 1. The standard InChI is InChI=1S/C24H25N3O3/c28-22-10-9-21-20(22)7-4-8-23(21)30-16-19-15-27(11-12-29-19)14-18-13-25-24(26-18)17-5-2-1-3-6-17/h1-8,13,19H,9-12,14-16H2,(H,25,26). The number of H-pyrrole nitrogens is 1. The van der Waals surface area contributed by atoms with E-state index in [2.05, 4.69) is 27.0 Å². The van der Waals surface area contributed by atoms with Crippen LogP contribution in [0.5, 0.6) is 5.75 Å². The lowest BCUT2D eigenvalue weighted by molar-refractivity contribution is -0.0507. The summed E-state index contributed by atoms with van der Waals surface area (Å²) in [7, 11) is 0. The molecule has 1 aliphatic carbocycles. The number of hydrogen-bond donors (Lipinski definition) is 1. The van der Waals surface area contributed by atoms with E-state index in [1.807, 2.05) is 42.6 Å². The van der Waals surface area contributed by atoms with Crippen molar-refractivity contribution >= 4 is 5.78 Å². The summed E-state index contributed by atoms with van der Waals surface area (Å²) < 4.78 is 12.0. The average Bonchev–Trinajstić information content (AvgIpc) is 3.40. The second kappa shape index (κ2) is 8.42. The van der Waals surface area contributed by atoms with Crippen molar-refractivity contribution in [3.63, 3.8) is 0 Å². The Hall–Kier alpha value is -2.96. The third-order valence-electron chi connectivity index (χ3n) is 5.75. The molecular weight excluding hydrogens is 378 g/mol. The van der Waals surface area contributed by atoms with E-state index in [9.17, 15) is 4.79 Å². The number of carbonyl (C=O) groups is 1. The maximum absolute atomic E-state index is 11.9. The predicted octanol–water partition coefficient (Wildman–Crippen LogP) is 3.49. The van der Waals surface area contributed by atoms with Gasteiger partial charge in [-0.3, -0.25) is 9.69 Å². The third kappa shape index (κ3) is 4.01. The van der Waals surface area contributed by atoms with Gasteiger partial charge in [-0.2, -0.15) is 0 Å². The van der Waals surface area contributed by atoms with Crippen molar-refractivity contribution in [2.24, 2.45) is 0 Å². The average molecular weight is 403 g/mol. The molecule has 1 aromatic heterocycles. The summed E-state index contributed by atoms with van der Waals surface area (Å²) >= 11 is 0.